The monoisotopic (exact) mass is 451 g/mol. The first-order valence-electron chi connectivity index (χ1n) is 13.1. The van der Waals surface area contributed by atoms with Gasteiger partial charge in [0.25, 0.3) is 5.91 Å². The first kappa shape index (κ1) is 21.5. The summed E-state index contributed by atoms with van der Waals surface area (Å²) in [5.41, 5.74) is 6.21. The fraction of sp³-hybridized carbons (Fsp3) is 0.467. The van der Waals surface area contributed by atoms with E-state index in [0.717, 1.165) is 30.5 Å². The van der Waals surface area contributed by atoms with Crippen LogP contribution in [0.2, 0.25) is 0 Å². The molecule has 4 aliphatic rings. The first-order chi connectivity index (χ1) is 16.8. The summed E-state index contributed by atoms with van der Waals surface area (Å²) in [7, 11) is 0. The smallest absolute Gasteiger partial charge is 0.258 e. The topological polar surface area (TPSA) is 47.3 Å². The third-order valence-corrected chi connectivity index (χ3v) is 8.41. The number of nitriles is 1. The zero-order chi connectivity index (χ0) is 23.1. The Hall–Kier alpha value is -3.06. The molecule has 174 valence electrons. The van der Waals surface area contributed by atoms with E-state index >= 15 is 0 Å². The Morgan fingerprint density at radius 3 is 2.44 bits per heavy atom. The van der Waals surface area contributed by atoms with Gasteiger partial charge in [-0.3, -0.25) is 4.79 Å². The molecule has 0 spiro atoms. The summed E-state index contributed by atoms with van der Waals surface area (Å²) in [6.07, 6.45) is 11.0. The predicted molar refractivity (Wildman–Crippen MR) is 134 cm³/mol. The fourth-order valence-electron chi connectivity index (χ4n) is 6.63. The SMILES string of the molecule is N#CCCC(=C1CCC1)N(C1CC1)C1c2ccccc2N(C(=O)c2ccccc2)C2CCCC21. The van der Waals surface area contributed by atoms with Gasteiger partial charge in [0.2, 0.25) is 0 Å². The van der Waals surface area contributed by atoms with Crippen LogP contribution in [0.1, 0.15) is 86.2 Å². The minimum atomic E-state index is 0.128. The highest BCUT2D eigenvalue weighted by Gasteiger charge is 2.50. The van der Waals surface area contributed by atoms with Crippen LogP contribution < -0.4 is 4.90 Å². The number of hydrogen-bond donors (Lipinski definition) is 0. The normalized spacial score (nSPS) is 25.1. The summed E-state index contributed by atoms with van der Waals surface area (Å²) >= 11 is 0. The molecule has 3 unspecified atom stereocenters. The van der Waals surface area contributed by atoms with Crippen LogP contribution in [-0.4, -0.2) is 22.9 Å². The zero-order valence-electron chi connectivity index (χ0n) is 19.8. The van der Waals surface area contributed by atoms with Crippen molar-refractivity contribution >= 4 is 11.6 Å². The standard InChI is InChI=1S/C30H33N3O/c31-20-8-17-26(21-11-6-12-21)32(23-18-19-23)29-24-13-4-5-15-27(24)33(28-16-7-14-25(28)29)30(34)22-9-2-1-3-10-22/h1-5,9-10,13,15,23,25,28-29H,6-8,11-12,14,16-19H2. The molecular weight excluding hydrogens is 418 g/mol. The molecule has 1 amide bonds. The first-order valence-corrected chi connectivity index (χ1v) is 13.1. The second-order valence-corrected chi connectivity index (χ2v) is 10.4. The van der Waals surface area contributed by atoms with Crippen LogP contribution in [0.15, 0.2) is 65.9 Å². The highest BCUT2D eigenvalue weighted by molar-refractivity contribution is 6.07. The third kappa shape index (κ3) is 3.63. The van der Waals surface area contributed by atoms with E-state index in [9.17, 15) is 10.1 Å². The minimum Gasteiger partial charge on any atom is -0.364 e. The van der Waals surface area contributed by atoms with Gasteiger partial charge in [-0.05, 0) is 68.7 Å². The van der Waals surface area contributed by atoms with Crippen molar-refractivity contribution in [2.75, 3.05) is 4.90 Å². The van der Waals surface area contributed by atoms with Crippen LogP contribution in [0.3, 0.4) is 0 Å². The Morgan fingerprint density at radius 2 is 1.74 bits per heavy atom. The van der Waals surface area contributed by atoms with Gasteiger partial charge >= 0.3 is 0 Å². The zero-order valence-corrected chi connectivity index (χ0v) is 19.8. The molecule has 3 atom stereocenters. The molecule has 0 saturated heterocycles. The lowest BCUT2D eigenvalue weighted by Gasteiger charge is -2.50. The molecule has 0 aromatic heterocycles. The lowest BCUT2D eigenvalue weighted by Crippen LogP contribution is -2.51. The molecule has 3 aliphatic carbocycles. The Kier molecular flexibility index (Phi) is 5.65. The summed E-state index contributed by atoms with van der Waals surface area (Å²) in [6, 6.07) is 22.0. The Morgan fingerprint density at radius 1 is 0.971 bits per heavy atom. The van der Waals surface area contributed by atoms with E-state index in [1.165, 1.54) is 49.8 Å². The molecular formula is C30H33N3O. The van der Waals surface area contributed by atoms with E-state index in [4.69, 9.17) is 0 Å². The molecule has 0 radical (unpaired) electrons. The average Bonchev–Trinajstić information content (AvgIpc) is 3.57. The van der Waals surface area contributed by atoms with Crippen molar-refractivity contribution in [1.29, 1.82) is 5.26 Å². The molecule has 6 rings (SSSR count). The number of rotatable bonds is 6. The average molecular weight is 452 g/mol. The Balaban J connectivity index is 1.46. The summed E-state index contributed by atoms with van der Waals surface area (Å²) < 4.78 is 0. The van der Waals surface area contributed by atoms with Crippen LogP contribution in [0.25, 0.3) is 0 Å². The van der Waals surface area contributed by atoms with Crippen molar-refractivity contribution in [2.45, 2.75) is 82.3 Å². The summed E-state index contributed by atoms with van der Waals surface area (Å²) in [6.45, 7) is 0. The van der Waals surface area contributed by atoms with E-state index < -0.39 is 0 Å². The van der Waals surface area contributed by atoms with Crippen LogP contribution in [0, 0.1) is 17.2 Å². The molecule has 2 aromatic carbocycles. The van der Waals surface area contributed by atoms with Crippen molar-refractivity contribution in [3.63, 3.8) is 0 Å². The van der Waals surface area contributed by atoms with Gasteiger partial charge in [-0.2, -0.15) is 5.26 Å². The van der Waals surface area contributed by atoms with E-state index in [1.54, 1.807) is 5.57 Å². The second kappa shape index (κ2) is 8.95. The number of carbonyl (C=O) groups excluding carboxylic acids is 1. The molecule has 0 N–H and O–H groups in total. The van der Waals surface area contributed by atoms with Crippen molar-refractivity contribution in [3.8, 4) is 6.07 Å². The van der Waals surface area contributed by atoms with Gasteiger partial charge in [-0.15, -0.1) is 0 Å². The fourth-order valence-corrected chi connectivity index (χ4v) is 6.63. The van der Waals surface area contributed by atoms with Crippen molar-refractivity contribution in [2.24, 2.45) is 5.92 Å². The van der Waals surface area contributed by atoms with Gasteiger partial charge in [-0.1, -0.05) is 48.4 Å². The number of para-hydroxylation sites is 1. The lowest BCUT2D eigenvalue weighted by molar-refractivity contribution is 0.0933. The van der Waals surface area contributed by atoms with E-state index in [2.05, 4.69) is 40.1 Å². The highest BCUT2D eigenvalue weighted by Crippen LogP contribution is 2.55. The van der Waals surface area contributed by atoms with Crippen molar-refractivity contribution < 1.29 is 4.79 Å². The molecule has 1 aliphatic heterocycles. The number of benzene rings is 2. The maximum Gasteiger partial charge on any atom is 0.258 e. The molecule has 1 heterocycles. The second-order valence-electron chi connectivity index (χ2n) is 10.4. The van der Waals surface area contributed by atoms with E-state index in [0.29, 0.717) is 24.4 Å². The Labute approximate surface area is 202 Å². The predicted octanol–water partition coefficient (Wildman–Crippen LogP) is 6.76. The van der Waals surface area contributed by atoms with Crippen LogP contribution in [-0.2, 0) is 0 Å². The molecule has 34 heavy (non-hydrogen) atoms. The lowest BCUT2D eigenvalue weighted by atomic mass is 9.79. The van der Waals surface area contributed by atoms with Crippen molar-refractivity contribution in [3.05, 3.63) is 77.0 Å². The van der Waals surface area contributed by atoms with Crippen LogP contribution in [0.5, 0.6) is 0 Å². The number of nitrogens with zero attached hydrogens (tertiary/aromatic N) is 3. The third-order valence-electron chi connectivity index (χ3n) is 8.41. The molecule has 0 bridgehead atoms. The maximum atomic E-state index is 13.8. The number of anilines is 1. The van der Waals surface area contributed by atoms with Gasteiger partial charge < -0.3 is 9.80 Å². The maximum absolute atomic E-state index is 13.8. The quantitative estimate of drug-likeness (QED) is 0.487. The van der Waals surface area contributed by atoms with E-state index in [1.807, 2.05) is 30.3 Å². The highest BCUT2D eigenvalue weighted by atomic mass is 16.2. The molecule has 4 nitrogen and oxygen atoms in total. The number of hydrogen-bond acceptors (Lipinski definition) is 3. The van der Waals surface area contributed by atoms with Gasteiger partial charge in [0, 0.05) is 47.8 Å². The van der Waals surface area contributed by atoms with Crippen molar-refractivity contribution in [1.82, 2.24) is 4.90 Å². The van der Waals surface area contributed by atoms with Crippen LogP contribution >= 0.6 is 0 Å². The summed E-state index contributed by atoms with van der Waals surface area (Å²) in [4.78, 5) is 18.7. The molecule has 3 fully saturated rings. The molecule has 4 heteroatoms. The molecule has 2 aromatic rings. The Bertz CT molecular complexity index is 1140. The molecule has 3 saturated carbocycles. The number of amides is 1. The van der Waals surface area contributed by atoms with Gasteiger partial charge in [0.1, 0.15) is 0 Å². The largest absolute Gasteiger partial charge is 0.364 e. The van der Waals surface area contributed by atoms with E-state index in [-0.39, 0.29) is 11.9 Å². The number of carbonyl (C=O) groups is 1. The number of fused-ring (bicyclic) bond motifs is 2. The number of allylic oxidation sites excluding steroid dienone is 2. The van der Waals surface area contributed by atoms with Gasteiger partial charge in [-0.25, -0.2) is 0 Å². The minimum absolute atomic E-state index is 0.128. The van der Waals surface area contributed by atoms with Gasteiger partial charge in [0.05, 0.1) is 12.1 Å². The van der Waals surface area contributed by atoms with Gasteiger partial charge in [0.15, 0.2) is 0 Å². The summed E-state index contributed by atoms with van der Waals surface area (Å²) in [5.74, 6) is 0.560. The summed E-state index contributed by atoms with van der Waals surface area (Å²) in [5, 5.41) is 9.41. The van der Waals surface area contributed by atoms with Crippen LogP contribution in [0.4, 0.5) is 5.69 Å².